The summed E-state index contributed by atoms with van der Waals surface area (Å²) in [6.45, 7) is 3.65. The summed E-state index contributed by atoms with van der Waals surface area (Å²) in [5, 5.41) is 0. The third-order valence-corrected chi connectivity index (χ3v) is 5.00. The number of carbonyl (C=O) groups excluding carboxylic acids is 1. The molecule has 0 unspecified atom stereocenters. The van der Waals surface area contributed by atoms with Crippen LogP contribution in [0.2, 0.25) is 0 Å². The summed E-state index contributed by atoms with van der Waals surface area (Å²) in [5.41, 5.74) is 1.75. The number of aromatic nitrogens is 2. The van der Waals surface area contributed by atoms with Gasteiger partial charge in [-0.3, -0.25) is 14.7 Å². The average Bonchev–Trinajstić information content (AvgIpc) is 3.14. The van der Waals surface area contributed by atoms with Gasteiger partial charge in [0.15, 0.2) is 0 Å². The lowest BCUT2D eigenvalue weighted by Gasteiger charge is -2.36. The standard InChI is InChI=1S/C19H22N4O3/c1-25-18-5-4-15(10-21-18)19(24)23-12-16-17(13-23)26-8-7-22(16)11-14-3-2-6-20-9-14/h2-6,9-10,16-17H,7-8,11-13H2,1H3/t16-,17-/m0/s1. The van der Waals surface area contributed by atoms with Crippen molar-refractivity contribution in [1.29, 1.82) is 0 Å². The molecule has 2 aliphatic rings. The normalized spacial score (nSPS) is 22.9. The second kappa shape index (κ2) is 7.39. The number of carbonyl (C=O) groups is 1. The Hall–Kier alpha value is -2.51. The third kappa shape index (κ3) is 3.40. The Balaban J connectivity index is 1.45. The van der Waals surface area contributed by atoms with E-state index in [-0.39, 0.29) is 18.1 Å². The number of amides is 1. The van der Waals surface area contributed by atoms with Gasteiger partial charge in [-0.15, -0.1) is 0 Å². The van der Waals surface area contributed by atoms with Crippen LogP contribution in [0.4, 0.5) is 0 Å². The Morgan fingerprint density at radius 1 is 1.31 bits per heavy atom. The molecule has 0 bridgehead atoms. The molecule has 7 heteroatoms. The third-order valence-electron chi connectivity index (χ3n) is 5.00. The van der Waals surface area contributed by atoms with Gasteiger partial charge in [0, 0.05) is 50.8 Å². The summed E-state index contributed by atoms with van der Waals surface area (Å²) in [6.07, 6.45) is 5.29. The molecule has 4 heterocycles. The summed E-state index contributed by atoms with van der Waals surface area (Å²) in [4.78, 5) is 25.4. The fraction of sp³-hybridized carbons (Fsp3) is 0.421. The number of nitrogens with zero attached hydrogens (tertiary/aromatic N) is 4. The van der Waals surface area contributed by atoms with Gasteiger partial charge in [-0.2, -0.15) is 0 Å². The molecule has 0 aliphatic carbocycles. The first kappa shape index (κ1) is 16.9. The monoisotopic (exact) mass is 354 g/mol. The van der Waals surface area contributed by atoms with Crippen LogP contribution in [-0.2, 0) is 11.3 Å². The number of fused-ring (bicyclic) bond motifs is 1. The van der Waals surface area contributed by atoms with E-state index in [1.165, 1.54) is 5.56 Å². The first-order valence-corrected chi connectivity index (χ1v) is 8.78. The SMILES string of the molecule is COc1ccc(C(=O)N2C[C@@H]3OCCN(Cc4cccnc4)[C@H]3C2)cn1. The van der Waals surface area contributed by atoms with Crippen LogP contribution in [-0.4, -0.2) is 71.2 Å². The molecule has 7 nitrogen and oxygen atoms in total. The van der Waals surface area contributed by atoms with Gasteiger partial charge in [0.1, 0.15) is 0 Å². The number of likely N-dealkylation sites (tertiary alicyclic amines) is 1. The van der Waals surface area contributed by atoms with Gasteiger partial charge in [0.2, 0.25) is 5.88 Å². The van der Waals surface area contributed by atoms with E-state index < -0.39 is 0 Å². The zero-order chi connectivity index (χ0) is 17.9. The highest BCUT2D eigenvalue weighted by atomic mass is 16.5. The van der Waals surface area contributed by atoms with Gasteiger partial charge in [-0.1, -0.05) is 6.07 Å². The van der Waals surface area contributed by atoms with Gasteiger partial charge in [-0.05, 0) is 17.7 Å². The molecule has 2 aliphatic heterocycles. The minimum Gasteiger partial charge on any atom is -0.481 e. The van der Waals surface area contributed by atoms with Gasteiger partial charge in [0.05, 0.1) is 31.4 Å². The zero-order valence-corrected chi connectivity index (χ0v) is 14.7. The number of hydrogen-bond donors (Lipinski definition) is 0. The molecule has 2 aromatic heterocycles. The minimum absolute atomic E-state index is 0.0144. The number of morpholine rings is 1. The van der Waals surface area contributed by atoms with Crippen molar-refractivity contribution in [1.82, 2.24) is 19.8 Å². The van der Waals surface area contributed by atoms with Crippen molar-refractivity contribution in [2.45, 2.75) is 18.7 Å². The second-order valence-corrected chi connectivity index (χ2v) is 6.61. The summed E-state index contributed by atoms with van der Waals surface area (Å²) < 4.78 is 11.0. The summed E-state index contributed by atoms with van der Waals surface area (Å²) in [7, 11) is 1.56. The van der Waals surface area contributed by atoms with Gasteiger partial charge in [-0.25, -0.2) is 4.98 Å². The average molecular weight is 354 g/mol. The van der Waals surface area contributed by atoms with E-state index in [1.807, 2.05) is 17.2 Å². The number of methoxy groups -OCH3 is 1. The van der Waals surface area contributed by atoms with Crippen molar-refractivity contribution in [2.75, 3.05) is 33.4 Å². The predicted molar refractivity (Wildman–Crippen MR) is 94.9 cm³/mol. The summed E-state index contributed by atoms with van der Waals surface area (Å²) in [6, 6.07) is 7.71. The Labute approximate surface area is 152 Å². The molecule has 1 amide bonds. The first-order valence-electron chi connectivity index (χ1n) is 8.78. The van der Waals surface area contributed by atoms with Crippen LogP contribution in [0.3, 0.4) is 0 Å². The van der Waals surface area contributed by atoms with Crippen LogP contribution in [0.25, 0.3) is 0 Å². The van der Waals surface area contributed by atoms with E-state index >= 15 is 0 Å². The molecule has 136 valence electrons. The number of hydrogen-bond acceptors (Lipinski definition) is 6. The quantitative estimate of drug-likeness (QED) is 0.822. The van der Waals surface area contributed by atoms with Gasteiger partial charge in [0.25, 0.3) is 5.91 Å². The molecule has 0 spiro atoms. The molecule has 0 saturated carbocycles. The van der Waals surface area contributed by atoms with Crippen molar-refractivity contribution in [3.63, 3.8) is 0 Å². The lowest BCUT2D eigenvalue weighted by molar-refractivity contribution is -0.0503. The number of ether oxygens (including phenoxy) is 2. The van der Waals surface area contributed by atoms with E-state index in [2.05, 4.69) is 20.9 Å². The molecule has 0 aromatic carbocycles. The van der Waals surface area contributed by atoms with E-state index in [1.54, 1.807) is 31.6 Å². The van der Waals surface area contributed by atoms with Crippen LogP contribution >= 0.6 is 0 Å². The summed E-state index contributed by atoms with van der Waals surface area (Å²) in [5.74, 6) is 0.488. The highest BCUT2D eigenvalue weighted by Gasteiger charge is 2.41. The molecular weight excluding hydrogens is 332 g/mol. The highest BCUT2D eigenvalue weighted by molar-refractivity contribution is 5.94. The summed E-state index contributed by atoms with van der Waals surface area (Å²) >= 11 is 0. The van der Waals surface area contributed by atoms with Crippen LogP contribution < -0.4 is 4.74 Å². The maximum absolute atomic E-state index is 12.8. The maximum Gasteiger partial charge on any atom is 0.255 e. The van der Waals surface area contributed by atoms with E-state index in [9.17, 15) is 4.79 Å². The highest BCUT2D eigenvalue weighted by Crippen LogP contribution is 2.25. The first-order chi connectivity index (χ1) is 12.7. The van der Waals surface area contributed by atoms with Gasteiger partial charge >= 0.3 is 0 Å². The smallest absolute Gasteiger partial charge is 0.255 e. The van der Waals surface area contributed by atoms with Gasteiger partial charge < -0.3 is 14.4 Å². The molecule has 0 radical (unpaired) electrons. The van der Waals surface area contributed by atoms with Crippen LogP contribution in [0.5, 0.6) is 5.88 Å². The predicted octanol–water partition coefficient (Wildman–Crippen LogP) is 1.21. The zero-order valence-electron chi connectivity index (χ0n) is 14.7. The molecule has 2 saturated heterocycles. The van der Waals surface area contributed by atoms with Crippen molar-refractivity contribution >= 4 is 5.91 Å². The number of rotatable bonds is 4. The van der Waals surface area contributed by atoms with Crippen molar-refractivity contribution in [2.24, 2.45) is 0 Å². The molecule has 2 fully saturated rings. The fourth-order valence-corrected chi connectivity index (χ4v) is 3.66. The van der Waals surface area contributed by atoms with E-state index in [4.69, 9.17) is 9.47 Å². The lowest BCUT2D eigenvalue weighted by atomic mass is 10.1. The van der Waals surface area contributed by atoms with Crippen molar-refractivity contribution < 1.29 is 14.3 Å². The molecule has 0 N–H and O–H groups in total. The second-order valence-electron chi connectivity index (χ2n) is 6.61. The van der Waals surface area contributed by atoms with E-state index in [0.29, 0.717) is 31.1 Å². The Bertz CT molecular complexity index is 753. The molecule has 2 aromatic rings. The molecular formula is C19H22N4O3. The minimum atomic E-state index is -0.0144. The fourth-order valence-electron chi connectivity index (χ4n) is 3.66. The molecule has 26 heavy (non-hydrogen) atoms. The Kier molecular flexibility index (Phi) is 4.81. The van der Waals surface area contributed by atoms with Crippen LogP contribution in [0, 0.1) is 0 Å². The van der Waals surface area contributed by atoms with Crippen molar-refractivity contribution in [3.8, 4) is 5.88 Å². The number of pyridine rings is 2. The Morgan fingerprint density at radius 2 is 2.23 bits per heavy atom. The maximum atomic E-state index is 12.8. The van der Waals surface area contributed by atoms with Crippen LogP contribution in [0.1, 0.15) is 15.9 Å². The topological polar surface area (TPSA) is 67.8 Å². The largest absolute Gasteiger partial charge is 0.481 e. The molecule has 4 rings (SSSR count). The van der Waals surface area contributed by atoms with Crippen molar-refractivity contribution in [3.05, 3.63) is 54.0 Å². The lowest BCUT2D eigenvalue weighted by Crippen LogP contribution is -2.50. The van der Waals surface area contributed by atoms with Crippen LogP contribution in [0.15, 0.2) is 42.9 Å². The molecule has 2 atom stereocenters. The Morgan fingerprint density at radius 3 is 2.96 bits per heavy atom. The van der Waals surface area contributed by atoms with E-state index in [0.717, 1.165) is 13.1 Å².